The normalized spacial score (nSPS) is 9.95. The summed E-state index contributed by atoms with van der Waals surface area (Å²) < 4.78 is 5.36. The number of nitrogens with one attached hydrogen (secondary N) is 1. The number of amides is 1. The second kappa shape index (κ2) is 7.50. The van der Waals surface area contributed by atoms with Crippen molar-refractivity contribution in [3.05, 3.63) is 54.1 Å². The van der Waals surface area contributed by atoms with Gasteiger partial charge in [0.15, 0.2) is 6.61 Å². The van der Waals surface area contributed by atoms with Crippen LogP contribution >= 0.6 is 11.8 Å². The monoisotopic (exact) mass is 301 g/mol. The minimum Gasteiger partial charge on any atom is -0.484 e. The van der Waals surface area contributed by atoms with E-state index in [4.69, 9.17) is 4.74 Å². The molecule has 0 radical (unpaired) electrons. The summed E-state index contributed by atoms with van der Waals surface area (Å²) >= 11 is 1.61. The lowest BCUT2D eigenvalue weighted by Crippen LogP contribution is -2.20. The fourth-order valence-electron chi connectivity index (χ4n) is 1.72. The van der Waals surface area contributed by atoms with Crippen molar-refractivity contribution in [3.8, 4) is 5.75 Å². The maximum atomic E-state index is 11.8. The zero-order chi connectivity index (χ0) is 15.1. The van der Waals surface area contributed by atoms with Crippen LogP contribution in [0.15, 0.2) is 53.4 Å². The molecule has 0 aliphatic rings. The number of carbonyl (C=O) groups is 2. The second-order valence-corrected chi connectivity index (χ2v) is 5.14. The molecule has 0 spiro atoms. The first-order valence-electron chi connectivity index (χ1n) is 6.33. The first kappa shape index (κ1) is 15.1. The lowest BCUT2D eigenvalue weighted by molar-refractivity contribution is -0.118. The van der Waals surface area contributed by atoms with Gasteiger partial charge < -0.3 is 10.1 Å². The Morgan fingerprint density at radius 2 is 2.05 bits per heavy atom. The maximum absolute atomic E-state index is 11.8. The number of anilines is 1. The van der Waals surface area contributed by atoms with Gasteiger partial charge in [-0.15, -0.1) is 11.8 Å². The predicted octanol–water partition coefficient (Wildman–Crippen LogP) is 3.24. The van der Waals surface area contributed by atoms with Crippen molar-refractivity contribution in [2.45, 2.75) is 4.90 Å². The van der Waals surface area contributed by atoms with Gasteiger partial charge in [-0.1, -0.05) is 18.2 Å². The largest absolute Gasteiger partial charge is 0.484 e. The van der Waals surface area contributed by atoms with E-state index in [2.05, 4.69) is 5.32 Å². The van der Waals surface area contributed by atoms with Crippen molar-refractivity contribution in [2.75, 3.05) is 18.2 Å². The van der Waals surface area contributed by atoms with Crippen LogP contribution < -0.4 is 10.1 Å². The highest BCUT2D eigenvalue weighted by Gasteiger charge is 2.04. The summed E-state index contributed by atoms with van der Waals surface area (Å²) in [6, 6.07) is 14.3. The molecule has 0 heterocycles. The highest BCUT2D eigenvalue weighted by atomic mass is 32.2. The summed E-state index contributed by atoms with van der Waals surface area (Å²) in [7, 11) is 0. The average molecular weight is 301 g/mol. The van der Waals surface area contributed by atoms with Crippen molar-refractivity contribution >= 4 is 29.6 Å². The van der Waals surface area contributed by atoms with Gasteiger partial charge in [0.25, 0.3) is 5.91 Å². The molecule has 0 bridgehead atoms. The van der Waals surface area contributed by atoms with E-state index >= 15 is 0 Å². The van der Waals surface area contributed by atoms with Crippen LogP contribution in [0.5, 0.6) is 5.75 Å². The number of ether oxygens (including phenoxy) is 1. The van der Waals surface area contributed by atoms with Crippen LogP contribution in [0, 0.1) is 0 Å². The minimum atomic E-state index is -0.246. The Hall–Kier alpha value is -2.27. The molecule has 0 aliphatic carbocycles. The second-order valence-electron chi connectivity index (χ2n) is 4.26. The molecule has 108 valence electrons. The molecule has 0 saturated carbocycles. The van der Waals surface area contributed by atoms with Crippen molar-refractivity contribution < 1.29 is 14.3 Å². The summed E-state index contributed by atoms with van der Waals surface area (Å²) in [5.41, 5.74) is 1.25. The number of rotatable bonds is 6. The van der Waals surface area contributed by atoms with Crippen molar-refractivity contribution in [1.29, 1.82) is 0 Å². The van der Waals surface area contributed by atoms with Gasteiger partial charge in [-0.05, 0) is 36.6 Å². The molecule has 21 heavy (non-hydrogen) atoms. The molecule has 1 N–H and O–H groups in total. The van der Waals surface area contributed by atoms with E-state index in [0.717, 1.165) is 16.9 Å². The Morgan fingerprint density at radius 1 is 1.24 bits per heavy atom. The Labute approximate surface area is 127 Å². The van der Waals surface area contributed by atoms with E-state index in [1.165, 1.54) is 0 Å². The van der Waals surface area contributed by atoms with Crippen molar-refractivity contribution in [1.82, 2.24) is 0 Å². The van der Waals surface area contributed by atoms with Crippen molar-refractivity contribution in [2.24, 2.45) is 0 Å². The van der Waals surface area contributed by atoms with E-state index in [-0.39, 0.29) is 12.5 Å². The van der Waals surface area contributed by atoms with E-state index in [0.29, 0.717) is 11.3 Å². The zero-order valence-corrected chi connectivity index (χ0v) is 12.4. The Kier molecular flexibility index (Phi) is 5.40. The molecule has 0 fully saturated rings. The topological polar surface area (TPSA) is 55.4 Å². The average Bonchev–Trinajstić information content (AvgIpc) is 2.53. The van der Waals surface area contributed by atoms with E-state index < -0.39 is 0 Å². The van der Waals surface area contributed by atoms with Crippen LogP contribution in [-0.2, 0) is 4.79 Å². The molecule has 0 aliphatic heterocycles. The van der Waals surface area contributed by atoms with Crippen LogP contribution in [-0.4, -0.2) is 25.1 Å². The maximum Gasteiger partial charge on any atom is 0.262 e. The molecule has 1 amide bonds. The standard InChI is InChI=1S/C16H15NO3S/c1-21-15-7-3-5-13(9-15)17-16(19)11-20-14-6-2-4-12(8-14)10-18/h2-10H,11H2,1H3,(H,17,19). The molecule has 0 aromatic heterocycles. The van der Waals surface area contributed by atoms with Crippen LogP contribution in [0.3, 0.4) is 0 Å². The molecule has 0 saturated heterocycles. The molecule has 0 atom stereocenters. The lowest BCUT2D eigenvalue weighted by atomic mass is 10.2. The van der Waals surface area contributed by atoms with Gasteiger partial charge in [0.2, 0.25) is 0 Å². The summed E-state index contributed by atoms with van der Waals surface area (Å²) in [6.45, 7) is -0.105. The smallest absolute Gasteiger partial charge is 0.262 e. The van der Waals surface area contributed by atoms with E-state index in [1.807, 2.05) is 30.5 Å². The SMILES string of the molecule is CSc1cccc(NC(=O)COc2cccc(C=O)c2)c1. The zero-order valence-electron chi connectivity index (χ0n) is 11.5. The van der Waals surface area contributed by atoms with Crippen LogP contribution in [0.2, 0.25) is 0 Å². The highest BCUT2D eigenvalue weighted by Crippen LogP contribution is 2.19. The number of hydrogen-bond donors (Lipinski definition) is 1. The van der Waals surface area contributed by atoms with E-state index in [9.17, 15) is 9.59 Å². The van der Waals surface area contributed by atoms with E-state index in [1.54, 1.807) is 36.0 Å². The number of thioether (sulfide) groups is 1. The molecule has 0 unspecified atom stereocenters. The van der Waals surface area contributed by atoms with Crippen molar-refractivity contribution in [3.63, 3.8) is 0 Å². The molecule has 2 aromatic rings. The highest BCUT2D eigenvalue weighted by molar-refractivity contribution is 7.98. The number of carbonyl (C=O) groups excluding carboxylic acids is 2. The Morgan fingerprint density at radius 3 is 2.81 bits per heavy atom. The van der Waals surface area contributed by atoms with Crippen LogP contribution in [0.4, 0.5) is 5.69 Å². The molecule has 4 nitrogen and oxygen atoms in total. The molecular formula is C16H15NO3S. The fraction of sp³-hybridized carbons (Fsp3) is 0.125. The third-order valence-corrected chi connectivity index (χ3v) is 3.44. The minimum absolute atomic E-state index is 0.105. The molecular weight excluding hydrogens is 286 g/mol. The molecule has 5 heteroatoms. The third kappa shape index (κ3) is 4.65. The quantitative estimate of drug-likeness (QED) is 0.657. The van der Waals surface area contributed by atoms with Gasteiger partial charge in [0.1, 0.15) is 12.0 Å². The summed E-state index contributed by atoms with van der Waals surface area (Å²) in [5.74, 6) is 0.248. The summed E-state index contributed by atoms with van der Waals surface area (Å²) in [4.78, 5) is 23.6. The molecule has 2 rings (SSSR count). The molecule has 2 aromatic carbocycles. The summed E-state index contributed by atoms with van der Waals surface area (Å²) in [5, 5.41) is 2.77. The van der Waals surface area contributed by atoms with Gasteiger partial charge >= 0.3 is 0 Å². The predicted molar refractivity (Wildman–Crippen MR) is 84.2 cm³/mol. The van der Waals surface area contributed by atoms with Gasteiger partial charge in [0.05, 0.1) is 0 Å². The van der Waals surface area contributed by atoms with Gasteiger partial charge in [0, 0.05) is 16.1 Å². The first-order valence-corrected chi connectivity index (χ1v) is 7.55. The third-order valence-electron chi connectivity index (χ3n) is 2.72. The number of hydrogen-bond acceptors (Lipinski definition) is 4. The fourth-order valence-corrected chi connectivity index (χ4v) is 2.18. The number of benzene rings is 2. The van der Waals surface area contributed by atoms with Gasteiger partial charge in [-0.25, -0.2) is 0 Å². The number of aldehydes is 1. The van der Waals surface area contributed by atoms with Crippen LogP contribution in [0.1, 0.15) is 10.4 Å². The van der Waals surface area contributed by atoms with Gasteiger partial charge in [-0.3, -0.25) is 9.59 Å². The Bertz CT molecular complexity index is 643. The van der Waals surface area contributed by atoms with Gasteiger partial charge in [-0.2, -0.15) is 0 Å². The van der Waals surface area contributed by atoms with Crippen LogP contribution in [0.25, 0.3) is 0 Å². The first-order chi connectivity index (χ1) is 10.2. The lowest BCUT2D eigenvalue weighted by Gasteiger charge is -2.08. The Balaban J connectivity index is 1.90. The summed E-state index contributed by atoms with van der Waals surface area (Å²) in [6.07, 6.45) is 2.71.